The van der Waals surface area contributed by atoms with Gasteiger partial charge in [-0.25, -0.2) is 0 Å². The lowest BCUT2D eigenvalue weighted by atomic mass is 10.0. The van der Waals surface area contributed by atoms with Gasteiger partial charge in [0.05, 0.1) is 6.10 Å². The van der Waals surface area contributed by atoms with E-state index in [2.05, 4.69) is 11.8 Å². The first-order valence-corrected chi connectivity index (χ1v) is 5.37. The number of likely N-dealkylation sites (tertiary alicyclic amines) is 1. The van der Waals surface area contributed by atoms with E-state index in [0.29, 0.717) is 18.9 Å². The summed E-state index contributed by atoms with van der Waals surface area (Å²) >= 11 is 0. The number of rotatable bonds is 2. The zero-order valence-electron chi connectivity index (χ0n) is 8.57. The number of hydrogen-bond donors (Lipinski definition) is 1. The third-order valence-electron chi connectivity index (χ3n) is 3.29. The van der Waals surface area contributed by atoms with Gasteiger partial charge in [-0.05, 0) is 12.8 Å². The maximum atomic E-state index is 11.1. The van der Waals surface area contributed by atoms with Crippen molar-refractivity contribution >= 4 is 5.78 Å². The molecule has 3 heteroatoms. The Morgan fingerprint density at radius 3 is 2.79 bits per heavy atom. The van der Waals surface area contributed by atoms with E-state index in [1.807, 2.05) is 0 Å². The molecule has 1 saturated heterocycles. The van der Waals surface area contributed by atoms with Gasteiger partial charge in [-0.2, -0.15) is 0 Å². The summed E-state index contributed by atoms with van der Waals surface area (Å²) in [6.45, 7) is 3.72. The standard InChI is InChI=1S/C11H17NO2/c1-2-8-6-12(7-11(8)14)9-3-4-10(13)5-9/h5,8,11,14H,2-4,6-7H2,1H3. The Morgan fingerprint density at radius 1 is 1.50 bits per heavy atom. The number of β-amino-alcohol motifs (C(OH)–C–C–N with tert-alkyl or cyclic N) is 1. The molecule has 1 N–H and O–H groups in total. The van der Waals surface area contributed by atoms with Crippen molar-refractivity contribution in [2.24, 2.45) is 5.92 Å². The molecule has 3 nitrogen and oxygen atoms in total. The summed E-state index contributed by atoms with van der Waals surface area (Å²) in [6, 6.07) is 0. The van der Waals surface area contributed by atoms with Crippen LogP contribution in [-0.2, 0) is 4.79 Å². The summed E-state index contributed by atoms with van der Waals surface area (Å²) in [5, 5.41) is 9.73. The van der Waals surface area contributed by atoms with Crippen molar-refractivity contribution in [3.05, 3.63) is 11.8 Å². The largest absolute Gasteiger partial charge is 0.391 e. The first-order valence-electron chi connectivity index (χ1n) is 5.37. The lowest BCUT2D eigenvalue weighted by Crippen LogP contribution is -2.20. The molecule has 78 valence electrons. The van der Waals surface area contributed by atoms with Gasteiger partial charge in [0.2, 0.25) is 0 Å². The molecule has 1 aliphatic heterocycles. The number of nitrogens with zero attached hydrogens (tertiary/aromatic N) is 1. The van der Waals surface area contributed by atoms with Crippen LogP contribution >= 0.6 is 0 Å². The van der Waals surface area contributed by atoms with Gasteiger partial charge in [0.1, 0.15) is 0 Å². The van der Waals surface area contributed by atoms with Gasteiger partial charge in [0.15, 0.2) is 5.78 Å². The lowest BCUT2D eigenvalue weighted by Gasteiger charge is -2.18. The molecule has 0 spiro atoms. The van der Waals surface area contributed by atoms with Crippen LogP contribution in [-0.4, -0.2) is 35.0 Å². The number of hydrogen-bond acceptors (Lipinski definition) is 3. The number of ketones is 1. The van der Waals surface area contributed by atoms with E-state index in [9.17, 15) is 9.90 Å². The molecule has 0 saturated carbocycles. The van der Waals surface area contributed by atoms with Gasteiger partial charge in [-0.1, -0.05) is 6.92 Å². The number of aliphatic hydroxyl groups is 1. The molecule has 1 fully saturated rings. The Bertz CT molecular complexity index is 272. The predicted molar refractivity (Wildman–Crippen MR) is 53.7 cm³/mol. The molecule has 2 rings (SSSR count). The molecule has 0 aromatic carbocycles. The SMILES string of the molecule is CCC1CN(C2=CC(=O)CC2)CC1O. The Morgan fingerprint density at radius 2 is 2.29 bits per heavy atom. The van der Waals surface area contributed by atoms with Crippen LogP contribution in [0.15, 0.2) is 11.8 Å². The highest BCUT2D eigenvalue weighted by Crippen LogP contribution is 2.27. The van der Waals surface area contributed by atoms with Crippen molar-refractivity contribution in [2.45, 2.75) is 32.3 Å². The second-order valence-corrected chi connectivity index (χ2v) is 4.24. The van der Waals surface area contributed by atoms with Gasteiger partial charge in [-0.3, -0.25) is 4.79 Å². The average Bonchev–Trinajstić information content (AvgIpc) is 2.71. The van der Waals surface area contributed by atoms with Crippen molar-refractivity contribution in [1.29, 1.82) is 0 Å². The van der Waals surface area contributed by atoms with Crippen LogP contribution in [0.25, 0.3) is 0 Å². The summed E-state index contributed by atoms with van der Waals surface area (Å²) in [6.07, 6.45) is 4.06. The monoisotopic (exact) mass is 195 g/mol. The van der Waals surface area contributed by atoms with Gasteiger partial charge in [0, 0.05) is 37.2 Å². The highest BCUT2D eigenvalue weighted by molar-refractivity contribution is 5.92. The van der Waals surface area contributed by atoms with E-state index in [1.165, 1.54) is 0 Å². The Kier molecular flexibility index (Phi) is 2.59. The van der Waals surface area contributed by atoms with E-state index < -0.39 is 0 Å². The maximum Gasteiger partial charge on any atom is 0.157 e. The molecule has 0 aromatic rings. The van der Waals surface area contributed by atoms with Gasteiger partial charge in [-0.15, -0.1) is 0 Å². The van der Waals surface area contributed by atoms with E-state index in [4.69, 9.17) is 0 Å². The third kappa shape index (κ3) is 1.69. The summed E-state index contributed by atoms with van der Waals surface area (Å²) in [5.41, 5.74) is 1.13. The van der Waals surface area contributed by atoms with Crippen LogP contribution < -0.4 is 0 Å². The number of carbonyl (C=O) groups excluding carboxylic acids is 1. The third-order valence-corrected chi connectivity index (χ3v) is 3.29. The Balaban J connectivity index is 2.01. The van der Waals surface area contributed by atoms with Crippen molar-refractivity contribution in [3.8, 4) is 0 Å². The fraction of sp³-hybridized carbons (Fsp3) is 0.727. The van der Waals surface area contributed by atoms with Gasteiger partial charge in [0.25, 0.3) is 0 Å². The minimum absolute atomic E-state index is 0.211. The summed E-state index contributed by atoms with van der Waals surface area (Å²) in [4.78, 5) is 13.2. The van der Waals surface area contributed by atoms with E-state index in [0.717, 1.165) is 25.1 Å². The molecular weight excluding hydrogens is 178 g/mol. The zero-order valence-corrected chi connectivity index (χ0v) is 8.57. The lowest BCUT2D eigenvalue weighted by molar-refractivity contribution is -0.114. The van der Waals surface area contributed by atoms with Crippen LogP contribution in [0.5, 0.6) is 0 Å². The molecule has 14 heavy (non-hydrogen) atoms. The highest BCUT2D eigenvalue weighted by Gasteiger charge is 2.32. The van der Waals surface area contributed by atoms with E-state index in [-0.39, 0.29) is 11.9 Å². The molecule has 2 aliphatic rings. The van der Waals surface area contributed by atoms with Crippen LogP contribution in [0.4, 0.5) is 0 Å². The zero-order chi connectivity index (χ0) is 10.1. The quantitative estimate of drug-likeness (QED) is 0.712. The molecule has 2 unspecified atom stereocenters. The summed E-state index contributed by atoms with van der Waals surface area (Å²) in [5.74, 6) is 0.612. The van der Waals surface area contributed by atoms with Crippen LogP contribution in [0, 0.1) is 5.92 Å². The molecule has 2 atom stereocenters. The van der Waals surface area contributed by atoms with Crippen LogP contribution in [0.3, 0.4) is 0 Å². The highest BCUT2D eigenvalue weighted by atomic mass is 16.3. The number of allylic oxidation sites excluding steroid dienone is 2. The molecule has 1 aliphatic carbocycles. The second-order valence-electron chi connectivity index (χ2n) is 4.24. The van der Waals surface area contributed by atoms with Crippen LogP contribution in [0.2, 0.25) is 0 Å². The second kappa shape index (κ2) is 3.73. The molecule has 1 heterocycles. The molecule has 0 bridgehead atoms. The first kappa shape index (κ1) is 9.71. The topological polar surface area (TPSA) is 40.5 Å². The van der Waals surface area contributed by atoms with E-state index >= 15 is 0 Å². The number of carbonyl (C=O) groups is 1. The molecular formula is C11H17NO2. The Hall–Kier alpha value is -0.830. The minimum atomic E-state index is -0.211. The van der Waals surface area contributed by atoms with Crippen molar-refractivity contribution in [3.63, 3.8) is 0 Å². The fourth-order valence-electron chi connectivity index (χ4n) is 2.32. The number of aliphatic hydroxyl groups excluding tert-OH is 1. The van der Waals surface area contributed by atoms with Crippen molar-refractivity contribution in [2.75, 3.05) is 13.1 Å². The fourth-order valence-corrected chi connectivity index (χ4v) is 2.32. The van der Waals surface area contributed by atoms with Crippen LogP contribution in [0.1, 0.15) is 26.2 Å². The minimum Gasteiger partial charge on any atom is -0.391 e. The molecule has 0 aromatic heterocycles. The molecule has 0 radical (unpaired) electrons. The summed E-state index contributed by atoms with van der Waals surface area (Å²) in [7, 11) is 0. The average molecular weight is 195 g/mol. The van der Waals surface area contributed by atoms with Crippen molar-refractivity contribution in [1.82, 2.24) is 4.90 Å². The Labute approximate surface area is 84.4 Å². The summed E-state index contributed by atoms with van der Waals surface area (Å²) < 4.78 is 0. The maximum absolute atomic E-state index is 11.1. The molecule has 0 amide bonds. The van der Waals surface area contributed by atoms with Gasteiger partial charge < -0.3 is 10.0 Å². The smallest absolute Gasteiger partial charge is 0.157 e. The van der Waals surface area contributed by atoms with Gasteiger partial charge >= 0.3 is 0 Å². The van der Waals surface area contributed by atoms with Crippen molar-refractivity contribution < 1.29 is 9.90 Å². The predicted octanol–water partition coefficient (Wildman–Crippen LogP) is 0.936. The first-order chi connectivity index (χ1) is 6.70. The normalized spacial score (nSPS) is 32.6. The van der Waals surface area contributed by atoms with E-state index in [1.54, 1.807) is 6.08 Å².